The highest BCUT2D eigenvalue weighted by atomic mass is 32.1. The predicted molar refractivity (Wildman–Crippen MR) is 88.0 cm³/mol. The Morgan fingerprint density at radius 3 is 2.48 bits per heavy atom. The van der Waals surface area contributed by atoms with Gasteiger partial charge in [0.1, 0.15) is 5.60 Å². The van der Waals surface area contributed by atoms with Crippen molar-refractivity contribution >= 4 is 29.1 Å². The lowest BCUT2D eigenvalue weighted by atomic mass is 10.2. The molecule has 1 amide bonds. The van der Waals surface area contributed by atoms with Crippen molar-refractivity contribution in [3.63, 3.8) is 0 Å². The quantitative estimate of drug-likeness (QED) is 0.577. The highest BCUT2D eigenvalue weighted by Gasteiger charge is 2.14. The van der Waals surface area contributed by atoms with Crippen molar-refractivity contribution in [3.8, 4) is 11.8 Å². The van der Waals surface area contributed by atoms with Crippen LogP contribution in [0.3, 0.4) is 0 Å². The van der Waals surface area contributed by atoms with E-state index in [1.165, 1.54) is 0 Å². The number of amides is 1. The summed E-state index contributed by atoms with van der Waals surface area (Å²) in [5.41, 5.74) is 6.50. The molecule has 1 aromatic rings. The van der Waals surface area contributed by atoms with E-state index in [4.69, 9.17) is 22.7 Å². The van der Waals surface area contributed by atoms with Gasteiger partial charge in [-0.2, -0.15) is 0 Å². The first kappa shape index (κ1) is 16.8. The smallest absolute Gasteiger partial charge is 0.408 e. The van der Waals surface area contributed by atoms with Crippen molar-refractivity contribution in [2.75, 3.05) is 11.9 Å². The van der Waals surface area contributed by atoms with Crippen molar-refractivity contribution in [1.82, 2.24) is 5.32 Å². The second-order valence-corrected chi connectivity index (χ2v) is 5.66. The number of thiocarbonyl (C=S) groups is 1. The molecule has 0 aliphatic carbocycles. The maximum atomic E-state index is 11.4. The maximum Gasteiger partial charge on any atom is 0.408 e. The molecule has 0 radical (unpaired) electrons. The number of nitrogens with one attached hydrogen (secondary N) is 2. The number of rotatable bonds is 2. The minimum Gasteiger partial charge on any atom is -0.444 e. The summed E-state index contributed by atoms with van der Waals surface area (Å²) in [6, 6.07) is 7.32. The first-order valence-electron chi connectivity index (χ1n) is 6.38. The normalized spacial score (nSPS) is 10.0. The molecule has 0 bridgehead atoms. The standard InChI is InChI=1S/C15H19N3O2S/c1-15(2,3)20-14(19)17-10-4-5-11-6-8-12(9-7-11)18-13(16)21/h6-9H,10H2,1-3H3,(H,17,19)(H3,16,18,21). The van der Waals surface area contributed by atoms with Gasteiger partial charge in [0.2, 0.25) is 0 Å². The fraction of sp³-hybridized carbons (Fsp3) is 0.333. The van der Waals surface area contributed by atoms with Crippen LogP contribution >= 0.6 is 12.2 Å². The van der Waals surface area contributed by atoms with Crippen LogP contribution in [0.5, 0.6) is 0 Å². The second kappa shape index (κ2) is 7.50. The minimum absolute atomic E-state index is 0.218. The monoisotopic (exact) mass is 305 g/mol. The number of hydrogen-bond donors (Lipinski definition) is 3. The van der Waals surface area contributed by atoms with Gasteiger partial charge < -0.3 is 21.1 Å². The van der Waals surface area contributed by atoms with E-state index in [-0.39, 0.29) is 11.7 Å². The summed E-state index contributed by atoms with van der Waals surface area (Å²) in [6.45, 7) is 5.64. The van der Waals surface area contributed by atoms with Crippen LogP contribution in [0.25, 0.3) is 0 Å². The number of hydrogen-bond acceptors (Lipinski definition) is 3. The summed E-state index contributed by atoms with van der Waals surface area (Å²) in [5, 5.41) is 5.61. The summed E-state index contributed by atoms with van der Waals surface area (Å²) in [4.78, 5) is 11.4. The van der Waals surface area contributed by atoms with Gasteiger partial charge in [0.25, 0.3) is 0 Å². The Balaban J connectivity index is 2.45. The van der Waals surface area contributed by atoms with Crippen LogP contribution in [0.1, 0.15) is 26.3 Å². The molecule has 1 aromatic carbocycles. The molecular formula is C15H19N3O2S. The van der Waals surface area contributed by atoms with Crippen molar-refractivity contribution in [3.05, 3.63) is 29.8 Å². The van der Waals surface area contributed by atoms with Crippen LogP contribution in [0.4, 0.5) is 10.5 Å². The van der Waals surface area contributed by atoms with E-state index >= 15 is 0 Å². The molecule has 0 saturated heterocycles. The Morgan fingerprint density at radius 2 is 1.95 bits per heavy atom. The minimum atomic E-state index is -0.510. The molecule has 6 heteroatoms. The molecule has 0 fully saturated rings. The van der Waals surface area contributed by atoms with E-state index in [9.17, 15) is 4.79 Å². The maximum absolute atomic E-state index is 11.4. The van der Waals surface area contributed by atoms with Crippen molar-refractivity contribution < 1.29 is 9.53 Å². The molecule has 5 nitrogen and oxygen atoms in total. The SMILES string of the molecule is CC(C)(C)OC(=O)NCC#Cc1ccc(NC(N)=S)cc1. The third-order valence-corrected chi connectivity index (χ3v) is 2.21. The highest BCUT2D eigenvalue weighted by Crippen LogP contribution is 2.08. The zero-order valence-electron chi connectivity index (χ0n) is 12.3. The van der Waals surface area contributed by atoms with Crippen molar-refractivity contribution in [2.45, 2.75) is 26.4 Å². The lowest BCUT2D eigenvalue weighted by Gasteiger charge is -2.18. The predicted octanol–water partition coefficient (Wildman–Crippen LogP) is 2.22. The molecule has 1 rings (SSSR count). The van der Waals surface area contributed by atoms with Gasteiger partial charge in [0, 0.05) is 11.3 Å². The molecule has 0 aromatic heterocycles. The number of benzene rings is 1. The second-order valence-electron chi connectivity index (χ2n) is 5.22. The summed E-state index contributed by atoms with van der Waals surface area (Å²) in [6.07, 6.45) is -0.479. The van der Waals surface area contributed by atoms with E-state index in [2.05, 4.69) is 22.5 Å². The molecule has 112 valence electrons. The molecule has 0 saturated carbocycles. The summed E-state index contributed by atoms with van der Waals surface area (Å²) < 4.78 is 5.09. The first-order valence-corrected chi connectivity index (χ1v) is 6.79. The van der Waals surface area contributed by atoms with Crippen LogP contribution in [0, 0.1) is 11.8 Å². The number of ether oxygens (including phenoxy) is 1. The van der Waals surface area contributed by atoms with Crippen molar-refractivity contribution in [1.29, 1.82) is 0 Å². The zero-order valence-corrected chi connectivity index (χ0v) is 13.1. The average molecular weight is 305 g/mol. The number of alkyl carbamates (subject to hydrolysis) is 1. The van der Waals surface area contributed by atoms with Gasteiger partial charge in [-0.05, 0) is 57.3 Å². The van der Waals surface area contributed by atoms with E-state index in [0.29, 0.717) is 0 Å². The number of anilines is 1. The van der Waals surface area contributed by atoms with Gasteiger partial charge in [-0.15, -0.1) is 0 Å². The molecule has 0 aliphatic heterocycles. The Labute approximate surface area is 130 Å². The first-order chi connectivity index (χ1) is 9.76. The molecule has 21 heavy (non-hydrogen) atoms. The zero-order chi connectivity index (χ0) is 15.9. The van der Waals surface area contributed by atoms with Gasteiger partial charge in [-0.25, -0.2) is 4.79 Å². The van der Waals surface area contributed by atoms with E-state index in [1.807, 2.05) is 24.3 Å². The molecule has 0 unspecified atom stereocenters. The molecule has 0 heterocycles. The van der Waals surface area contributed by atoms with Crippen LogP contribution in [-0.4, -0.2) is 23.4 Å². The summed E-state index contributed by atoms with van der Waals surface area (Å²) in [5.74, 6) is 5.78. The Morgan fingerprint density at radius 1 is 1.33 bits per heavy atom. The third kappa shape index (κ3) is 7.80. The Hall–Kier alpha value is -2.26. The van der Waals surface area contributed by atoms with Gasteiger partial charge in [0.15, 0.2) is 5.11 Å². The lowest BCUT2D eigenvalue weighted by molar-refractivity contribution is 0.0535. The van der Waals surface area contributed by atoms with E-state index < -0.39 is 11.7 Å². The molecule has 0 atom stereocenters. The fourth-order valence-corrected chi connectivity index (χ4v) is 1.47. The van der Waals surface area contributed by atoms with Crippen LogP contribution in [0.2, 0.25) is 0 Å². The highest BCUT2D eigenvalue weighted by molar-refractivity contribution is 7.80. The Kier molecular flexibility index (Phi) is 6.00. The molecule has 4 N–H and O–H groups in total. The lowest BCUT2D eigenvalue weighted by Crippen LogP contribution is -2.32. The number of carbonyl (C=O) groups is 1. The van der Waals surface area contributed by atoms with E-state index in [1.54, 1.807) is 20.8 Å². The van der Waals surface area contributed by atoms with Crippen LogP contribution < -0.4 is 16.4 Å². The summed E-state index contributed by atoms with van der Waals surface area (Å²) >= 11 is 4.74. The topological polar surface area (TPSA) is 76.4 Å². The molecule has 0 spiro atoms. The van der Waals surface area contributed by atoms with Crippen molar-refractivity contribution in [2.24, 2.45) is 5.73 Å². The van der Waals surface area contributed by atoms with Gasteiger partial charge in [-0.1, -0.05) is 11.8 Å². The average Bonchev–Trinajstić information content (AvgIpc) is 2.34. The van der Waals surface area contributed by atoms with Gasteiger partial charge in [0.05, 0.1) is 6.54 Å². The van der Waals surface area contributed by atoms with Crippen LogP contribution in [0.15, 0.2) is 24.3 Å². The van der Waals surface area contributed by atoms with Gasteiger partial charge >= 0.3 is 6.09 Å². The largest absolute Gasteiger partial charge is 0.444 e. The number of carbonyl (C=O) groups excluding carboxylic acids is 1. The Bertz CT molecular complexity index is 565. The molecule has 0 aliphatic rings. The third-order valence-electron chi connectivity index (χ3n) is 2.11. The summed E-state index contributed by atoms with van der Waals surface area (Å²) in [7, 11) is 0. The fourth-order valence-electron chi connectivity index (χ4n) is 1.36. The van der Waals surface area contributed by atoms with Gasteiger partial charge in [-0.3, -0.25) is 0 Å². The van der Waals surface area contributed by atoms with E-state index in [0.717, 1.165) is 11.3 Å². The number of nitrogens with two attached hydrogens (primary N) is 1. The van der Waals surface area contributed by atoms with Crippen LogP contribution in [-0.2, 0) is 4.74 Å². The molecular weight excluding hydrogens is 286 g/mol.